The summed E-state index contributed by atoms with van der Waals surface area (Å²) in [4.78, 5) is 0. The SMILES string of the molecule is CCc1ccc(NC(=S)N[C@@H](CC)CO)cc1. The topological polar surface area (TPSA) is 44.3 Å². The molecule has 1 aromatic rings. The average molecular weight is 252 g/mol. The van der Waals surface area contributed by atoms with Gasteiger partial charge in [0.1, 0.15) is 0 Å². The molecule has 17 heavy (non-hydrogen) atoms. The number of rotatable bonds is 5. The van der Waals surface area contributed by atoms with Gasteiger partial charge in [0.2, 0.25) is 0 Å². The van der Waals surface area contributed by atoms with Crippen molar-refractivity contribution in [3.63, 3.8) is 0 Å². The highest BCUT2D eigenvalue weighted by Crippen LogP contribution is 2.09. The quantitative estimate of drug-likeness (QED) is 0.704. The Hall–Kier alpha value is -1.13. The minimum absolute atomic E-state index is 0.0184. The van der Waals surface area contributed by atoms with Gasteiger partial charge in [0.15, 0.2) is 5.11 Å². The maximum Gasteiger partial charge on any atom is 0.171 e. The van der Waals surface area contributed by atoms with Gasteiger partial charge in [0, 0.05) is 5.69 Å². The van der Waals surface area contributed by atoms with Crippen LogP contribution in [0.4, 0.5) is 5.69 Å². The highest BCUT2D eigenvalue weighted by molar-refractivity contribution is 7.80. The van der Waals surface area contributed by atoms with Crippen LogP contribution in [0, 0.1) is 0 Å². The van der Waals surface area contributed by atoms with Gasteiger partial charge in [-0.3, -0.25) is 0 Å². The molecule has 0 aliphatic heterocycles. The zero-order valence-corrected chi connectivity index (χ0v) is 11.2. The summed E-state index contributed by atoms with van der Waals surface area (Å²) in [5.41, 5.74) is 2.27. The second-order valence-corrected chi connectivity index (χ2v) is 4.34. The lowest BCUT2D eigenvalue weighted by molar-refractivity contribution is 0.253. The highest BCUT2D eigenvalue weighted by atomic mass is 32.1. The first kappa shape index (κ1) is 13.9. The van der Waals surface area contributed by atoms with E-state index in [0.717, 1.165) is 18.5 Å². The molecular formula is C13H20N2OS. The van der Waals surface area contributed by atoms with Crippen LogP contribution in [0.25, 0.3) is 0 Å². The summed E-state index contributed by atoms with van der Waals surface area (Å²) in [6.45, 7) is 4.22. The molecule has 0 unspecified atom stereocenters. The van der Waals surface area contributed by atoms with Crippen molar-refractivity contribution < 1.29 is 5.11 Å². The van der Waals surface area contributed by atoms with Gasteiger partial charge >= 0.3 is 0 Å². The van der Waals surface area contributed by atoms with Crippen LogP contribution in [-0.2, 0) is 6.42 Å². The third-order valence-electron chi connectivity index (χ3n) is 2.67. The highest BCUT2D eigenvalue weighted by Gasteiger charge is 2.05. The van der Waals surface area contributed by atoms with E-state index in [9.17, 15) is 0 Å². The lowest BCUT2D eigenvalue weighted by Crippen LogP contribution is -2.39. The van der Waals surface area contributed by atoms with Crippen LogP contribution in [0.3, 0.4) is 0 Å². The summed E-state index contributed by atoms with van der Waals surface area (Å²) in [7, 11) is 0. The van der Waals surface area contributed by atoms with Crippen LogP contribution >= 0.6 is 12.2 Å². The molecule has 0 heterocycles. The summed E-state index contributed by atoms with van der Waals surface area (Å²) in [5.74, 6) is 0. The lowest BCUT2D eigenvalue weighted by Gasteiger charge is -2.17. The van der Waals surface area contributed by atoms with Crippen LogP contribution in [0.15, 0.2) is 24.3 Å². The summed E-state index contributed by atoms with van der Waals surface area (Å²) in [5, 5.41) is 15.8. The molecule has 0 aromatic heterocycles. The number of hydrogen-bond donors (Lipinski definition) is 3. The molecule has 1 rings (SSSR count). The van der Waals surface area contributed by atoms with E-state index in [1.807, 2.05) is 19.1 Å². The average Bonchev–Trinajstić information content (AvgIpc) is 2.37. The summed E-state index contributed by atoms with van der Waals surface area (Å²) < 4.78 is 0. The standard InChI is InChI=1S/C13H20N2OS/c1-3-10-5-7-12(8-6-10)15-13(17)14-11(4-2)9-16/h5-8,11,16H,3-4,9H2,1-2H3,(H2,14,15,17)/t11-/m0/s1. The van der Waals surface area contributed by atoms with E-state index < -0.39 is 0 Å². The van der Waals surface area contributed by atoms with Crippen molar-refractivity contribution >= 4 is 23.0 Å². The Morgan fingerprint density at radius 2 is 1.94 bits per heavy atom. The van der Waals surface area contributed by atoms with Crippen LogP contribution in [0.2, 0.25) is 0 Å². The van der Waals surface area contributed by atoms with Gasteiger partial charge in [-0.05, 0) is 42.8 Å². The van der Waals surface area contributed by atoms with Gasteiger partial charge in [0.05, 0.1) is 12.6 Å². The zero-order chi connectivity index (χ0) is 12.7. The normalized spacial score (nSPS) is 11.9. The molecule has 0 radical (unpaired) electrons. The van der Waals surface area contributed by atoms with E-state index in [2.05, 4.69) is 29.7 Å². The van der Waals surface area contributed by atoms with E-state index >= 15 is 0 Å². The van der Waals surface area contributed by atoms with Gasteiger partial charge in [-0.1, -0.05) is 26.0 Å². The van der Waals surface area contributed by atoms with Gasteiger partial charge in [-0.2, -0.15) is 0 Å². The third-order valence-corrected chi connectivity index (χ3v) is 2.89. The molecule has 0 bridgehead atoms. The Kier molecular flexibility index (Phi) is 5.94. The van der Waals surface area contributed by atoms with Crippen molar-refractivity contribution in [3.8, 4) is 0 Å². The number of benzene rings is 1. The third kappa shape index (κ3) is 4.71. The predicted octanol–water partition coefficient (Wildman–Crippen LogP) is 2.31. The zero-order valence-electron chi connectivity index (χ0n) is 10.4. The van der Waals surface area contributed by atoms with Crippen LogP contribution in [-0.4, -0.2) is 22.9 Å². The molecule has 0 saturated heterocycles. The van der Waals surface area contributed by atoms with Gasteiger partial charge in [-0.25, -0.2) is 0 Å². The number of aliphatic hydroxyl groups is 1. The molecule has 0 amide bonds. The van der Waals surface area contributed by atoms with Crippen molar-refractivity contribution in [1.82, 2.24) is 5.32 Å². The van der Waals surface area contributed by atoms with E-state index in [4.69, 9.17) is 17.3 Å². The molecule has 3 N–H and O–H groups in total. The summed E-state index contributed by atoms with van der Waals surface area (Å²) >= 11 is 5.17. The van der Waals surface area contributed by atoms with Crippen LogP contribution in [0.5, 0.6) is 0 Å². The maximum atomic E-state index is 9.06. The molecular weight excluding hydrogens is 232 g/mol. The van der Waals surface area contributed by atoms with E-state index in [1.54, 1.807) is 0 Å². The molecule has 0 spiro atoms. The fourth-order valence-electron chi connectivity index (χ4n) is 1.45. The van der Waals surface area contributed by atoms with Crippen molar-refractivity contribution in [2.75, 3.05) is 11.9 Å². The molecule has 1 aromatic carbocycles. The monoisotopic (exact) mass is 252 g/mol. The second-order valence-electron chi connectivity index (χ2n) is 3.94. The number of aryl methyl sites for hydroxylation is 1. The number of aliphatic hydroxyl groups excluding tert-OH is 1. The Balaban J connectivity index is 2.49. The lowest BCUT2D eigenvalue weighted by atomic mass is 10.1. The van der Waals surface area contributed by atoms with Gasteiger partial charge in [-0.15, -0.1) is 0 Å². The minimum atomic E-state index is 0.0184. The van der Waals surface area contributed by atoms with Crippen LogP contribution < -0.4 is 10.6 Å². The smallest absolute Gasteiger partial charge is 0.171 e. The molecule has 0 aliphatic rings. The number of thiocarbonyl (C=S) groups is 1. The fourth-order valence-corrected chi connectivity index (χ4v) is 1.74. The van der Waals surface area contributed by atoms with Crippen molar-refractivity contribution in [2.45, 2.75) is 32.7 Å². The summed E-state index contributed by atoms with van der Waals surface area (Å²) in [6, 6.07) is 8.19. The van der Waals surface area contributed by atoms with Crippen molar-refractivity contribution in [3.05, 3.63) is 29.8 Å². The Morgan fingerprint density at radius 3 is 2.41 bits per heavy atom. The Morgan fingerprint density at radius 1 is 1.29 bits per heavy atom. The number of hydrogen-bond acceptors (Lipinski definition) is 2. The fraction of sp³-hybridized carbons (Fsp3) is 0.462. The first-order chi connectivity index (χ1) is 8.19. The van der Waals surface area contributed by atoms with Crippen molar-refractivity contribution in [2.24, 2.45) is 0 Å². The van der Waals surface area contributed by atoms with E-state index in [0.29, 0.717) is 5.11 Å². The van der Waals surface area contributed by atoms with Gasteiger partial charge in [0.25, 0.3) is 0 Å². The van der Waals surface area contributed by atoms with E-state index in [1.165, 1.54) is 5.56 Å². The largest absolute Gasteiger partial charge is 0.394 e. The molecule has 0 fully saturated rings. The van der Waals surface area contributed by atoms with Crippen LogP contribution in [0.1, 0.15) is 25.8 Å². The van der Waals surface area contributed by atoms with Gasteiger partial charge < -0.3 is 15.7 Å². The molecule has 3 nitrogen and oxygen atoms in total. The predicted molar refractivity (Wildman–Crippen MR) is 76.3 cm³/mol. The summed E-state index contributed by atoms with van der Waals surface area (Å²) in [6.07, 6.45) is 1.87. The molecule has 0 aliphatic carbocycles. The Bertz CT molecular complexity index is 347. The molecule has 1 atom stereocenters. The molecule has 0 saturated carbocycles. The number of anilines is 1. The first-order valence-corrected chi connectivity index (χ1v) is 6.37. The first-order valence-electron chi connectivity index (χ1n) is 5.96. The Labute approximate surface area is 108 Å². The second kappa shape index (κ2) is 7.25. The number of nitrogens with one attached hydrogen (secondary N) is 2. The van der Waals surface area contributed by atoms with E-state index in [-0.39, 0.29) is 12.6 Å². The molecule has 94 valence electrons. The minimum Gasteiger partial charge on any atom is -0.394 e. The molecule has 4 heteroatoms. The maximum absolute atomic E-state index is 9.06. The van der Waals surface area contributed by atoms with Crippen molar-refractivity contribution in [1.29, 1.82) is 0 Å².